The number of hydrogen-bond acceptors (Lipinski definition) is 23. The molecule has 478 valence electrons. The molecule has 34 heteroatoms. The molecule has 7 N–H and O–H groups in total. The molecule has 0 saturated carbocycles. The van der Waals surface area contributed by atoms with Crippen LogP contribution in [0.3, 0.4) is 0 Å². The lowest BCUT2D eigenvalue weighted by Crippen LogP contribution is -2.31. The summed E-state index contributed by atoms with van der Waals surface area (Å²) in [6, 6.07) is 13.4. The van der Waals surface area contributed by atoms with Gasteiger partial charge in [0.25, 0.3) is 58.2 Å². The Morgan fingerprint density at radius 2 is 1.40 bits per heavy atom. The Balaban J connectivity index is 1.23. The number of fused-ring (bicyclic) bond motifs is 6. The molecule has 0 bridgehead atoms. The van der Waals surface area contributed by atoms with Crippen molar-refractivity contribution in [2.24, 2.45) is 0 Å². The molecule has 3 amide bonds. The Morgan fingerprint density at radius 3 is 2.03 bits per heavy atom. The molecule has 1 fully saturated rings. The predicted octanol–water partition coefficient (Wildman–Crippen LogP) is 7.89. The molecule has 1 saturated heterocycles. The summed E-state index contributed by atoms with van der Waals surface area (Å²) in [7, 11) is -19.5. The van der Waals surface area contributed by atoms with Gasteiger partial charge in [-0.15, -0.1) is 13.7 Å². The van der Waals surface area contributed by atoms with E-state index in [2.05, 4.69) is 19.7 Å². The number of carbonyl (C=O) groups excluding carboxylic acids is 4. The van der Waals surface area contributed by atoms with Crippen molar-refractivity contribution in [2.75, 3.05) is 36.0 Å². The first-order valence-electron chi connectivity index (χ1n) is 27.0. The minimum Gasteiger partial charge on any atom is -0.352 e. The third-order valence-corrected chi connectivity index (χ3v) is 19.6. The van der Waals surface area contributed by atoms with Crippen LogP contribution in [-0.4, -0.2) is 138 Å². The maximum atomic E-state index is 13.5. The molecule has 5 aromatic rings. The van der Waals surface area contributed by atoms with Gasteiger partial charge < -0.3 is 15.1 Å². The number of unbranched alkanes of at least 4 members (excludes halogenated alkanes) is 2. The van der Waals surface area contributed by atoms with Crippen molar-refractivity contribution < 1.29 is 110 Å². The molecule has 3 aliphatic heterocycles. The van der Waals surface area contributed by atoms with Gasteiger partial charge in [0.15, 0.2) is 5.71 Å². The van der Waals surface area contributed by atoms with Crippen LogP contribution in [0.5, 0.6) is 0 Å². The van der Waals surface area contributed by atoms with Crippen molar-refractivity contribution in [3.8, 4) is 0 Å². The summed E-state index contributed by atoms with van der Waals surface area (Å²) in [6.45, 7) is 7.51. The summed E-state index contributed by atoms with van der Waals surface area (Å²) < 4.78 is 153. The van der Waals surface area contributed by atoms with E-state index in [9.17, 15) is 71.1 Å². The second-order valence-electron chi connectivity index (χ2n) is 21.6. The summed E-state index contributed by atoms with van der Waals surface area (Å²) in [5.74, 6) is -2.85. The highest BCUT2D eigenvalue weighted by molar-refractivity contribution is 7.95. The third-order valence-electron chi connectivity index (χ3n) is 15.0. The van der Waals surface area contributed by atoms with Gasteiger partial charge >= 0.3 is 5.97 Å². The highest BCUT2D eigenvalue weighted by Gasteiger charge is 2.47. The molecule has 0 unspecified atom stereocenters. The number of anilines is 1. The fraction of sp³-hybridized carbons (Fsp3) is 0.345. The number of carbonyl (C=O) groups is 4. The van der Waals surface area contributed by atoms with E-state index >= 15 is 0 Å². The van der Waals surface area contributed by atoms with Crippen LogP contribution in [0.4, 0.5) is 11.4 Å². The summed E-state index contributed by atoms with van der Waals surface area (Å²) in [4.78, 5) is 58.9. The fourth-order valence-electron chi connectivity index (χ4n) is 11.1. The average molecular weight is 1350 g/mol. The zero-order valence-electron chi connectivity index (χ0n) is 47.7. The fourth-order valence-corrected chi connectivity index (χ4v) is 14.4. The van der Waals surface area contributed by atoms with Gasteiger partial charge in [-0.25, -0.2) is 15.3 Å². The molecule has 8 rings (SSSR count). The number of pyridine rings is 1. The zero-order valence-corrected chi connectivity index (χ0v) is 52.6. The van der Waals surface area contributed by atoms with Crippen LogP contribution in [-0.2, 0) is 89.3 Å². The second-order valence-corrected chi connectivity index (χ2v) is 28.9. The number of hydrogen-bond donors (Lipinski definition) is 7. The van der Waals surface area contributed by atoms with E-state index < -0.39 is 95.4 Å². The Hall–Kier alpha value is -6.58. The van der Waals surface area contributed by atoms with Crippen molar-refractivity contribution in [1.29, 1.82) is 0 Å². The Bertz CT molecular complexity index is 4250. The molecular formula is C55H60N5O23S6+. The Kier molecular flexibility index (Phi) is 21.1. The SMILES string of the molecule is CC1(C)C(/C=C/C(=C/C=C2/N(CCCSOOO)c3ccc4c(S(=O)(=O)O)cc(S(=O)(=O)O)cc4c3C2(C)C)c2ccc(C(=O)NCCCCCC(=O)ON3C(=O)CCC3=O)cn2)=[N+](CCCS(=O)(=O)O)c2ccc3c(SOOO)cc(S(=O)(=O)O)cc3c21. The van der Waals surface area contributed by atoms with Gasteiger partial charge in [-0.2, -0.15) is 38.2 Å². The molecule has 28 nitrogen and oxygen atoms in total. The molecule has 4 heterocycles. The van der Waals surface area contributed by atoms with Crippen molar-refractivity contribution in [3.05, 3.63) is 119 Å². The molecule has 0 aliphatic carbocycles. The highest BCUT2D eigenvalue weighted by atomic mass is 32.2. The van der Waals surface area contributed by atoms with Crippen LogP contribution in [0.1, 0.15) is 106 Å². The van der Waals surface area contributed by atoms with Gasteiger partial charge in [-0.1, -0.05) is 42.5 Å². The average Bonchev–Trinajstić information content (AvgIpc) is 1.63. The van der Waals surface area contributed by atoms with Crippen LogP contribution in [0.2, 0.25) is 0 Å². The minimum atomic E-state index is -5.10. The van der Waals surface area contributed by atoms with Crippen molar-refractivity contribution in [3.63, 3.8) is 0 Å². The van der Waals surface area contributed by atoms with Crippen LogP contribution in [0, 0.1) is 0 Å². The Labute approximate surface area is 519 Å². The molecule has 4 aromatic carbocycles. The van der Waals surface area contributed by atoms with Crippen LogP contribution in [0.25, 0.3) is 27.1 Å². The molecule has 0 spiro atoms. The second kappa shape index (κ2) is 27.5. The van der Waals surface area contributed by atoms with Crippen LogP contribution >= 0.6 is 24.1 Å². The van der Waals surface area contributed by atoms with Crippen molar-refractivity contribution >= 4 is 132 Å². The zero-order chi connectivity index (χ0) is 65.0. The summed E-state index contributed by atoms with van der Waals surface area (Å²) in [5, 5.41) is 29.4. The van der Waals surface area contributed by atoms with E-state index in [-0.39, 0.29) is 83.4 Å². The van der Waals surface area contributed by atoms with Crippen LogP contribution in [0.15, 0.2) is 116 Å². The summed E-state index contributed by atoms with van der Waals surface area (Å²) in [6.07, 6.45) is 9.40. The standard InChI is InChI=1S/C55H59N5O23S6/c1-54(2)47(59(25-9-27-86(67,68)69)42-17-14-37-39(51(42)54)28-35(87(70,71)72)30-44(37)85-83-81-66)20-13-33(41-16-11-34(32-57-41)53(64)56-23-7-5-6-10-50(63)79-60-48(61)21-22-49(60)62)12-19-46-55(3,4)52-40-29-36(88(73,74)75)31-45(89(76,77)78)38(40)15-18-43(52)58(46)24-8-26-84-82-80-65/h11-20,28-32H,5-10,21-27H2,1-4H3,(H6-,56,64,65,66,67,68,69,70,71,72,73,74,75,76,77,78)/p+1. The first-order chi connectivity index (χ1) is 41.8. The topological polar surface area (TPSA) is 407 Å². The van der Waals surface area contributed by atoms with Gasteiger partial charge in [-0.05, 0) is 116 Å². The maximum absolute atomic E-state index is 13.5. The number of benzene rings is 4. The largest absolute Gasteiger partial charge is 0.352 e. The quantitative estimate of drug-likeness (QED) is 0.00365. The predicted molar refractivity (Wildman–Crippen MR) is 322 cm³/mol. The number of nitrogens with zero attached hydrogens (tertiary/aromatic N) is 4. The lowest BCUT2D eigenvalue weighted by Gasteiger charge is -2.27. The number of aromatic nitrogens is 1. The number of allylic oxidation sites excluding steroid dienone is 6. The summed E-state index contributed by atoms with van der Waals surface area (Å²) in [5.41, 5.74) is 1.25. The number of nitrogens with one attached hydrogen (secondary N) is 1. The van der Waals surface area contributed by atoms with E-state index in [0.717, 1.165) is 24.2 Å². The molecule has 89 heavy (non-hydrogen) atoms. The lowest BCUT2D eigenvalue weighted by atomic mass is 9.79. The smallest absolute Gasteiger partial charge is 0.333 e. The molecule has 0 atom stereocenters. The van der Waals surface area contributed by atoms with Gasteiger partial charge in [-0.3, -0.25) is 37.6 Å². The third kappa shape index (κ3) is 15.6. The Morgan fingerprint density at radius 1 is 0.742 bits per heavy atom. The summed E-state index contributed by atoms with van der Waals surface area (Å²) >= 11 is 1.23. The van der Waals surface area contributed by atoms with Gasteiger partial charge in [0.1, 0.15) is 11.4 Å². The lowest BCUT2D eigenvalue weighted by molar-refractivity contribution is -0.437. The maximum Gasteiger partial charge on any atom is 0.333 e. The first kappa shape index (κ1) is 68.3. The van der Waals surface area contributed by atoms with E-state index in [0.29, 0.717) is 93.7 Å². The van der Waals surface area contributed by atoms with E-state index in [1.807, 2.05) is 4.90 Å². The van der Waals surface area contributed by atoms with Crippen molar-refractivity contribution in [1.82, 2.24) is 15.4 Å². The van der Waals surface area contributed by atoms with Crippen molar-refractivity contribution in [2.45, 2.75) is 109 Å². The number of hydroxylamine groups is 2. The first-order valence-corrected chi connectivity index (χ1v) is 34.5. The molecule has 0 radical (unpaired) electrons. The normalized spacial score (nSPS) is 16.6. The molecule has 3 aliphatic rings. The van der Waals surface area contributed by atoms with Gasteiger partial charge in [0, 0.05) is 113 Å². The monoisotopic (exact) mass is 1350 g/mol. The highest BCUT2D eigenvalue weighted by Crippen LogP contribution is 2.52. The minimum absolute atomic E-state index is 0.0368. The van der Waals surface area contributed by atoms with E-state index in [1.165, 1.54) is 24.4 Å². The number of amides is 3. The molecular weight excluding hydrogens is 1290 g/mol. The van der Waals surface area contributed by atoms with Crippen LogP contribution < -0.4 is 10.2 Å². The molecule has 1 aromatic heterocycles. The van der Waals surface area contributed by atoms with E-state index in [1.54, 1.807) is 80.8 Å². The van der Waals surface area contributed by atoms with Gasteiger partial charge in [0.2, 0.25) is 5.69 Å². The van der Waals surface area contributed by atoms with E-state index in [4.69, 9.17) is 24.7 Å². The number of imide groups is 1. The number of rotatable bonds is 28. The van der Waals surface area contributed by atoms with Gasteiger partial charge in [0.05, 0.1) is 44.3 Å².